The molecule has 0 saturated heterocycles. The normalized spacial score (nSPS) is 11.1. The van der Waals surface area contributed by atoms with Gasteiger partial charge in [0.1, 0.15) is 10.8 Å². The van der Waals surface area contributed by atoms with E-state index in [9.17, 15) is 9.18 Å². The lowest BCUT2D eigenvalue weighted by Crippen LogP contribution is -2.13. The predicted octanol–water partition coefficient (Wildman–Crippen LogP) is 5.45. The minimum absolute atomic E-state index is 0.109. The van der Waals surface area contributed by atoms with Crippen molar-refractivity contribution in [2.24, 2.45) is 0 Å². The van der Waals surface area contributed by atoms with Crippen molar-refractivity contribution < 1.29 is 9.18 Å². The summed E-state index contributed by atoms with van der Waals surface area (Å²) in [5.41, 5.74) is 2.00. The molecule has 0 radical (unpaired) electrons. The van der Waals surface area contributed by atoms with E-state index in [1.54, 1.807) is 23.5 Å². The fourth-order valence-corrected chi connectivity index (χ4v) is 5.98. The highest BCUT2D eigenvalue weighted by Gasteiger charge is 2.10. The van der Waals surface area contributed by atoms with E-state index in [-0.39, 0.29) is 11.7 Å². The second kappa shape index (κ2) is 9.66. The third kappa shape index (κ3) is 5.75. The van der Waals surface area contributed by atoms with Crippen molar-refractivity contribution in [3.8, 4) is 0 Å². The first-order valence-electron chi connectivity index (χ1n) is 8.58. The van der Waals surface area contributed by atoms with Gasteiger partial charge in [0, 0.05) is 11.5 Å². The molecule has 0 aliphatic heterocycles. The van der Waals surface area contributed by atoms with Crippen molar-refractivity contribution in [1.82, 2.24) is 15.2 Å². The summed E-state index contributed by atoms with van der Waals surface area (Å²) in [6.45, 7) is 0. The summed E-state index contributed by atoms with van der Waals surface area (Å²) in [6.07, 6.45) is 0. The highest BCUT2D eigenvalue weighted by atomic mass is 32.2. The first-order chi connectivity index (χ1) is 14.2. The molecule has 4 aromatic rings. The maximum atomic E-state index is 12.9. The molecule has 2 heterocycles. The van der Waals surface area contributed by atoms with Crippen LogP contribution in [0.25, 0.3) is 10.2 Å². The number of benzene rings is 2. The second-order valence-electron chi connectivity index (χ2n) is 5.90. The molecule has 0 aliphatic carbocycles. The summed E-state index contributed by atoms with van der Waals surface area (Å²) in [5.74, 6) is 1.33. The Labute approximate surface area is 183 Å². The summed E-state index contributed by atoms with van der Waals surface area (Å²) < 4.78 is 14.9. The van der Waals surface area contributed by atoms with Gasteiger partial charge in [-0.3, -0.25) is 10.1 Å². The van der Waals surface area contributed by atoms with Crippen LogP contribution in [0.5, 0.6) is 0 Å². The lowest BCUT2D eigenvalue weighted by molar-refractivity contribution is -0.113. The number of thiazole rings is 1. The molecule has 0 aliphatic rings. The Morgan fingerprint density at radius 2 is 1.86 bits per heavy atom. The van der Waals surface area contributed by atoms with Gasteiger partial charge in [0.2, 0.25) is 11.0 Å². The third-order valence-electron chi connectivity index (χ3n) is 3.73. The summed E-state index contributed by atoms with van der Waals surface area (Å²) in [7, 11) is 0. The van der Waals surface area contributed by atoms with E-state index < -0.39 is 0 Å². The maximum Gasteiger partial charge on any atom is 0.236 e. The number of rotatable bonds is 8. The van der Waals surface area contributed by atoms with E-state index in [0.717, 1.165) is 25.1 Å². The van der Waals surface area contributed by atoms with Crippen LogP contribution < -0.4 is 5.32 Å². The zero-order valence-corrected chi connectivity index (χ0v) is 18.3. The molecule has 0 spiro atoms. The van der Waals surface area contributed by atoms with Crippen LogP contribution in [0.2, 0.25) is 0 Å². The molecule has 2 aromatic heterocycles. The minimum Gasteiger partial charge on any atom is -0.300 e. The molecule has 1 amide bonds. The van der Waals surface area contributed by atoms with Crippen LogP contribution in [0.3, 0.4) is 0 Å². The lowest BCUT2D eigenvalue weighted by Gasteiger charge is -2.00. The van der Waals surface area contributed by atoms with Crippen LogP contribution in [0.15, 0.2) is 52.9 Å². The minimum atomic E-state index is -0.249. The number of carbonyl (C=O) groups excluding carboxylic acids is 1. The van der Waals surface area contributed by atoms with Gasteiger partial charge < -0.3 is 0 Å². The van der Waals surface area contributed by atoms with Crippen LogP contribution in [-0.2, 0) is 16.3 Å². The van der Waals surface area contributed by atoms with Gasteiger partial charge in [-0.2, -0.15) is 0 Å². The number of fused-ring (bicyclic) bond motifs is 1. The van der Waals surface area contributed by atoms with Gasteiger partial charge in [-0.05, 0) is 29.8 Å². The van der Waals surface area contributed by atoms with Gasteiger partial charge in [-0.1, -0.05) is 47.4 Å². The fraction of sp³-hybridized carbons (Fsp3) is 0.158. The predicted molar refractivity (Wildman–Crippen MR) is 120 cm³/mol. The molecular formula is C19H15FN4OS4. The number of para-hydroxylation sites is 1. The number of anilines is 1. The molecule has 1 N–H and O–H groups in total. The number of nitrogens with one attached hydrogen (secondary N) is 1. The number of hydrogen-bond donors (Lipinski definition) is 1. The van der Waals surface area contributed by atoms with Crippen molar-refractivity contribution in [3.05, 3.63) is 64.9 Å². The summed E-state index contributed by atoms with van der Waals surface area (Å²) >= 11 is 6.01. The Morgan fingerprint density at radius 3 is 2.69 bits per heavy atom. The van der Waals surface area contributed by atoms with Crippen molar-refractivity contribution in [3.63, 3.8) is 0 Å². The molecule has 5 nitrogen and oxygen atoms in total. The van der Waals surface area contributed by atoms with Crippen LogP contribution in [0.1, 0.15) is 10.6 Å². The summed E-state index contributed by atoms with van der Waals surface area (Å²) in [4.78, 5) is 16.7. The third-order valence-corrected chi connectivity index (χ3v) is 7.93. The van der Waals surface area contributed by atoms with Crippen molar-refractivity contribution >= 4 is 67.5 Å². The van der Waals surface area contributed by atoms with Crippen LogP contribution in [-0.4, -0.2) is 26.8 Å². The smallest absolute Gasteiger partial charge is 0.236 e. The Morgan fingerprint density at radius 1 is 1.03 bits per heavy atom. The molecule has 148 valence electrons. The number of aromatic nitrogens is 3. The van der Waals surface area contributed by atoms with Gasteiger partial charge in [0.15, 0.2) is 4.34 Å². The van der Waals surface area contributed by atoms with Gasteiger partial charge in [-0.25, -0.2) is 9.37 Å². The van der Waals surface area contributed by atoms with Crippen LogP contribution in [0.4, 0.5) is 9.52 Å². The van der Waals surface area contributed by atoms with E-state index in [1.807, 2.05) is 18.2 Å². The zero-order valence-electron chi connectivity index (χ0n) is 15.0. The molecule has 0 unspecified atom stereocenters. The second-order valence-corrected chi connectivity index (χ2v) is 10.2. The van der Waals surface area contributed by atoms with E-state index in [0.29, 0.717) is 22.4 Å². The van der Waals surface area contributed by atoms with Gasteiger partial charge in [-0.15, -0.1) is 33.3 Å². The van der Waals surface area contributed by atoms with E-state index in [4.69, 9.17) is 0 Å². The van der Waals surface area contributed by atoms with Gasteiger partial charge in [0.05, 0.1) is 16.0 Å². The first-order valence-corrected chi connectivity index (χ1v) is 12.4. The Kier molecular flexibility index (Phi) is 6.75. The summed E-state index contributed by atoms with van der Waals surface area (Å²) in [6, 6.07) is 14.4. The van der Waals surface area contributed by atoms with E-state index in [2.05, 4.69) is 26.6 Å². The number of thioether (sulfide) groups is 2. The lowest BCUT2D eigenvalue weighted by atomic mass is 10.2. The monoisotopic (exact) mass is 462 g/mol. The standard InChI is InChI=1S/C19H15FN4OS4/c20-13-7-5-12(6-8-13)9-27-19-24-23-18(29-19)22-16(25)10-26-11-17-21-14-3-1-2-4-15(14)28-17/h1-8H,9-11H2,(H,22,23,25). The highest BCUT2D eigenvalue weighted by Crippen LogP contribution is 2.29. The molecular weight excluding hydrogens is 448 g/mol. The molecule has 0 saturated carbocycles. The Bertz CT molecular complexity index is 1080. The van der Waals surface area contributed by atoms with E-state index >= 15 is 0 Å². The molecule has 10 heteroatoms. The average Bonchev–Trinajstić information content (AvgIpc) is 3.33. The summed E-state index contributed by atoms with van der Waals surface area (Å²) in [5, 5.41) is 12.4. The average molecular weight is 463 g/mol. The molecule has 2 aromatic carbocycles. The fourth-order valence-electron chi connectivity index (χ4n) is 2.41. The largest absolute Gasteiger partial charge is 0.300 e. The topological polar surface area (TPSA) is 67.8 Å². The maximum absolute atomic E-state index is 12.9. The Hall–Kier alpha value is -2.01. The molecule has 0 atom stereocenters. The van der Waals surface area contributed by atoms with Crippen LogP contribution in [0, 0.1) is 5.82 Å². The number of carbonyl (C=O) groups is 1. The molecule has 29 heavy (non-hydrogen) atoms. The number of hydrogen-bond acceptors (Lipinski definition) is 8. The molecule has 4 rings (SSSR count). The van der Waals surface area contributed by atoms with Gasteiger partial charge in [0.25, 0.3) is 0 Å². The number of halogens is 1. The van der Waals surface area contributed by atoms with Crippen molar-refractivity contribution in [2.75, 3.05) is 11.1 Å². The quantitative estimate of drug-likeness (QED) is 0.277. The number of amides is 1. The zero-order chi connectivity index (χ0) is 20.1. The van der Waals surface area contributed by atoms with Crippen molar-refractivity contribution in [2.45, 2.75) is 15.8 Å². The van der Waals surface area contributed by atoms with Gasteiger partial charge >= 0.3 is 0 Å². The number of nitrogens with zero attached hydrogens (tertiary/aromatic N) is 3. The van der Waals surface area contributed by atoms with Crippen molar-refractivity contribution in [1.29, 1.82) is 0 Å². The highest BCUT2D eigenvalue weighted by molar-refractivity contribution is 8.00. The van der Waals surface area contributed by atoms with Crippen LogP contribution >= 0.6 is 46.2 Å². The molecule has 0 fully saturated rings. The molecule has 0 bridgehead atoms. The van der Waals surface area contributed by atoms with E-state index in [1.165, 1.54) is 47.0 Å². The Balaban J connectivity index is 1.22. The SMILES string of the molecule is O=C(CSCc1nc2ccccc2s1)Nc1nnc(SCc2ccc(F)cc2)s1. The first kappa shape index (κ1) is 20.3.